The molecule has 2 rings (SSSR count). The van der Waals surface area contributed by atoms with Crippen LogP contribution in [0, 0.1) is 17.1 Å². The maximum Gasteiger partial charge on any atom is 0.455 e. The predicted octanol–water partition coefficient (Wildman–Crippen LogP) is 2.73. The molecule has 0 fully saturated rings. The van der Waals surface area contributed by atoms with Gasteiger partial charge in [-0.3, -0.25) is 0 Å². The number of ether oxygens (including phenoxy) is 1. The van der Waals surface area contributed by atoms with E-state index in [-0.39, 0.29) is 16.9 Å². The number of alkyl halides is 3. The molecule has 1 unspecified atom stereocenters. The van der Waals surface area contributed by atoms with E-state index < -0.39 is 24.2 Å². The second-order valence-electron chi connectivity index (χ2n) is 3.99. The number of rotatable bonds is 1. The lowest BCUT2D eigenvalue weighted by atomic mass is 10.1. The minimum absolute atomic E-state index is 0.0955. The normalized spacial score (nSPS) is 23.2. The van der Waals surface area contributed by atoms with Crippen LogP contribution >= 0.6 is 0 Å². The van der Waals surface area contributed by atoms with Crippen molar-refractivity contribution >= 4 is 5.76 Å². The second kappa shape index (κ2) is 4.24. The Labute approximate surface area is 105 Å². The number of hydrogen-bond donors (Lipinski definition) is 1. The van der Waals surface area contributed by atoms with Crippen molar-refractivity contribution in [3.05, 3.63) is 41.2 Å². The largest absolute Gasteiger partial charge is 0.455 e. The molecule has 0 aliphatic carbocycles. The summed E-state index contributed by atoms with van der Waals surface area (Å²) < 4.78 is 55.2. The Balaban J connectivity index is 2.40. The van der Waals surface area contributed by atoms with Crippen LogP contribution in [0.1, 0.15) is 12.0 Å². The molecule has 19 heavy (non-hydrogen) atoms. The van der Waals surface area contributed by atoms with Crippen LogP contribution in [0.4, 0.5) is 17.6 Å². The topological polar surface area (TPSA) is 53.2 Å². The van der Waals surface area contributed by atoms with E-state index in [1.807, 2.05) is 0 Å². The monoisotopic (exact) mass is 273 g/mol. The first-order chi connectivity index (χ1) is 8.77. The van der Waals surface area contributed by atoms with Crippen molar-refractivity contribution in [1.82, 2.24) is 0 Å². The number of nitriles is 1. The van der Waals surface area contributed by atoms with Gasteiger partial charge >= 0.3 is 12.0 Å². The smallest absolute Gasteiger partial charge is 0.451 e. The Morgan fingerprint density at radius 3 is 2.32 bits per heavy atom. The van der Waals surface area contributed by atoms with E-state index in [1.54, 1.807) is 6.07 Å². The van der Waals surface area contributed by atoms with E-state index in [9.17, 15) is 22.7 Å². The van der Waals surface area contributed by atoms with Gasteiger partial charge in [-0.15, -0.1) is 0 Å². The molecule has 3 nitrogen and oxygen atoms in total. The number of benzene rings is 1. The predicted molar refractivity (Wildman–Crippen MR) is 55.6 cm³/mol. The van der Waals surface area contributed by atoms with Gasteiger partial charge in [-0.1, -0.05) is 0 Å². The zero-order chi connectivity index (χ0) is 14.3. The van der Waals surface area contributed by atoms with Crippen LogP contribution in [0.25, 0.3) is 5.76 Å². The third-order valence-corrected chi connectivity index (χ3v) is 2.65. The lowest BCUT2D eigenvalue weighted by molar-refractivity contribution is -0.337. The molecule has 1 heterocycles. The highest BCUT2D eigenvalue weighted by Gasteiger charge is 2.60. The molecule has 0 spiro atoms. The molecule has 0 amide bonds. The molecule has 1 aliphatic heterocycles. The van der Waals surface area contributed by atoms with Gasteiger partial charge in [0, 0.05) is 5.56 Å². The number of aliphatic hydroxyl groups is 1. The van der Waals surface area contributed by atoms with E-state index in [0.29, 0.717) is 0 Å². The first kappa shape index (κ1) is 13.4. The molecule has 1 aromatic rings. The van der Waals surface area contributed by atoms with Gasteiger partial charge in [-0.25, -0.2) is 4.39 Å². The van der Waals surface area contributed by atoms with E-state index in [0.717, 1.165) is 12.1 Å². The Morgan fingerprint density at radius 2 is 1.84 bits per heavy atom. The fraction of sp³-hybridized carbons (Fsp3) is 0.250. The lowest BCUT2D eigenvalue weighted by Gasteiger charge is -2.25. The summed E-state index contributed by atoms with van der Waals surface area (Å²) in [5.74, 6) is -4.38. The molecule has 0 bridgehead atoms. The SMILES string of the molecule is N#CC1=C(c2ccc(F)cc2)OC(O)(C(F)(F)F)C1. The molecule has 7 heteroatoms. The minimum Gasteiger partial charge on any atom is -0.451 e. The number of nitrogens with zero attached hydrogens (tertiary/aromatic N) is 1. The molecular weight excluding hydrogens is 266 g/mol. The Morgan fingerprint density at radius 1 is 1.26 bits per heavy atom. The van der Waals surface area contributed by atoms with Gasteiger partial charge in [0.1, 0.15) is 11.6 Å². The zero-order valence-corrected chi connectivity index (χ0v) is 9.33. The molecule has 1 atom stereocenters. The van der Waals surface area contributed by atoms with Crippen molar-refractivity contribution in [1.29, 1.82) is 5.26 Å². The molecule has 0 saturated heterocycles. The van der Waals surface area contributed by atoms with Crippen molar-refractivity contribution in [2.24, 2.45) is 0 Å². The summed E-state index contributed by atoms with van der Waals surface area (Å²) in [4.78, 5) is 0. The molecule has 1 aromatic carbocycles. The van der Waals surface area contributed by atoms with Crippen molar-refractivity contribution < 1.29 is 27.4 Å². The molecule has 0 saturated carbocycles. The molecular formula is C12H7F4NO2. The quantitative estimate of drug-likeness (QED) is 0.800. The average molecular weight is 273 g/mol. The van der Waals surface area contributed by atoms with Crippen LogP contribution in [-0.2, 0) is 4.74 Å². The minimum atomic E-state index is -5.03. The van der Waals surface area contributed by atoms with Crippen molar-refractivity contribution in [2.45, 2.75) is 18.4 Å². The van der Waals surface area contributed by atoms with Crippen molar-refractivity contribution in [3.63, 3.8) is 0 Å². The van der Waals surface area contributed by atoms with Crippen LogP contribution in [0.2, 0.25) is 0 Å². The Kier molecular flexibility index (Phi) is 2.98. The second-order valence-corrected chi connectivity index (χ2v) is 3.99. The van der Waals surface area contributed by atoms with Crippen LogP contribution < -0.4 is 0 Å². The van der Waals surface area contributed by atoms with Gasteiger partial charge in [0.25, 0.3) is 0 Å². The van der Waals surface area contributed by atoms with Gasteiger partial charge in [-0.2, -0.15) is 18.4 Å². The molecule has 1 N–H and O–H groups in total. The lowest BCUT2D eigenvalue weighted by Crippen LogP contribution is -2.44. The van der Waals surface area contributed by atoms with Gasteiger partial charge in [-0.05, 0) is 24.3 Å². The highest BCUT2D eigenvalue weighted by molar-refractivity contribution is 5.69. The van der Waals surface area contributed by atoms with E-state index in [2.05, 4.69) is 4.74 Å². The summed E-state index contributed by atoms with van der Waals surface area (Å²) in [6.45, 7) is 0. The summed E-state index contributed by atoms with van der Waals surface area (Å²) >= 11 is 0. The third-order valence-electron chi connectivity index (χ3n) is 2.65. The fourth-order valence-corrected chi connectivity index (χ4v) is 1.67. The van der Waals surface area contributed by atoms with Gasteiger partial charge in [0.2, 0.25) is 0 Å². The van der Waals surface area contributed by atoms with Gasteiger partial charge in [0.15, 0.2) is 0 Å². The molecule has 0 radical (unpaired) electrons. The first-order valence-electron chi connectivity index (χ1n) is 5.14. The third kappa shape index (κ3) is 2.27. The van der Waals surface area contributed by atoms with Crippen LogP contribution in [0.15, 0.2) is 29.8 Å². The Bertz CT molecular complexity index is 571. The van der Waals surface area contributed by atoms with E-state index in [1.165, 1.54) is 12.1 Å². The van der Waals surface area contributed by atoms with Crippen LogP contribution in [0.3, 0.4) is 0 Å². The molecule has 1 aliphatic rings. The zero-order valence-electron chi connectivity index (χ0n) is 9.33. The van der Waals surface area contributed by atoms with Gasteiger partial charge < -0.3 is 9.84 Å². The average Bonchev–Trinajstić information content (AvgIpc) is 2.68. The van der Waals surface area contributed by atoms with Crippen molar-refractivity contribution in [3.8, 4) is 6.07 Å². The van der Waals surface area contributed by atoms with Crippen LogP contribution in [0.5, 0.6) is 0 Å². The maximum absolute atomic E-state index is 12.7. The number of hydrogen-bond acceptors (Lipinski definition) is 3. The van der Waals surface area contributed by atoms with Crippen molar-refractivity contribution in [2.75, 3.05) is 0 Å². The maximum atomic E-state index is 12.7. The van der Waals surface area contributed by atoms with E-state index in [4.69, 9.17) is 5.26 Å². The van der Waals surface area contributed by atoms with Crippen LogP contribution in [-0.4, -0.2) is 17.1 Å². The van der Waals surface area contributed by atoms with Gasteiger partial charge in [0.05, 0.1) is 18.1 Å². The summed E-state index contributed by atoms with van der Waals surface area (Å²) in [6, 6.07) is 5.94. The standard InChI is InChI=1S/C12H7F4NO2/c13-9-3-1-7(2-4-9)10-8(6-17)5-11(18,19-10)12(14,15)16/h1-4,18H,5H2. The fourth-order valence-electron chi connectivity index (χ4n) is 1.67. The number of halogens is 4. The Hall–Kier alpha value is -2.07. The molecule has 0 aromatic heterocycles. The highest BCUT2D eigenvalue weighted by atomic mass is 19.4. The summed E-state index contributed by atoms with van der Waals surface area (Å²) in [5, 5.41) is 18.2. The summed E-state index contributed by atoms with van der Waals surface area (Å²) in [6.07, 6.45) is -6.02. The van der Waals surface area contributed by atoms with E-state index >= 15 is 0 Å². The summed E-state index contributed by atoms with van der Waals surface area (Å²) in [7, 11) is 0. The molecule has 100 valence electrons. The summed E-state index contributed by atoms with van der Waals surface area (Å²) in [5.41, 5.74) is -0.246. The first-order valence-corrected chi connectivity index (χ1v) is 5.14. The highest BCUT2D eigenvalue weighted by Crippen LogP contribution is 2.46.